The van der Waals surface area contributed by atoms with Gasteiger partial charge in [-0.3, -0.25) is 4.79 Å². The first-order chi connectivity index (χ1) is 11.5. The highest BCUT2D eigenvalue weighted by Crippen LogP contribution is 2.27. The third kappa shape index (κ3) is 2.90. The summed E-state index contributed by atoms with van der Waals surface area (Å²) in [6.07, 6.45) is 0.403. The number of benzene rings is 1. The number of nitrogens with zero attached hydrogens (tertiary/aromatic N) is 1. The molecule has 1 aromatic carbocycles. The number of H-pyrrole nitrogens is 1. The van der Waals surface area contributed by atoms with Gasteiger partial charge in [-0.1, -0.05) is 18.2 Å². The van der Waals surface area contributed by atoms with E-state index in [0.717, 1.165) is 22.6 Å². The largest absolute Gasteiger partial charge is 0.494 e. The molecule has 2 heterocycles. The van der Waals surface area contributed by atoms with Gasteiger partial charge < -0.3 is 14.8 Å². The zero-order valence-corrected chi connectivity index (χ0v) is 14.1. The van der Waals surface area contributed by atoms with Crippen molar-refractivity contribution in [3.8, 4) is 5.75 Å². The number of carboxylic acid groups (broad SMARTS) is 1. The number of aromatic nitrogens is 2. The highest BCUT2D eigenvalue weighted by atomic mass is 32.1. The van der Waals surface area contributed by atoms with Crippen molar-refractivity contribution in [3.05, 3.63) is 56.4 Å². The summed E-state index contributed by atoms with van der Waals surface area (Å²) in [6.45, 7) is 4.08. The molecule has 0 bridgehead atoms. The van der Waals surface area contributed by atoms with E-state index in [0.29, 0.717) is 34.6 Å². The molecule has 0 saturated carbocycles. The maximum atomic E-state index is 12.3. The average molecular weight is 344 g/mol. The van der Waals surface area contributed by atoms with Crippen molar-refractivity contribution < 1.29 is 14.6 Å². The number of nitrogens with one attached hydrogen (secondary N) is 1. The van der Waals surface area contributed by atoms with Gasteiger partial charge in [0.25, 0.3) is 5.56 Å². The number of hydrogen-bond donors (Lipinski definition) is 2. The van der Waals surface area contributed by atoms with Crippen molar-refractivity contribution in [2.45, 2.75) is 20.3 Å². The fraction of sp³-hybridized carbons (Fsp3) is 0.235. The minimum absolute atomic E-state index is 0.148. The number of aromatic carboxylic acids is 1. The van der Waals surface area contributed by atoms with E-state index in [9.17, 15) is 14.7 Å². The van der Waals surface area contributed by atoms with Crippen LogP contribution >= 0.6 is 11.3 Å². The molecule has 124 valence electrons. The molecule has 24 heavy (non-hydrogen) atoms. The fourth-order valence-corrected chi connectivity index (χ4v) is 3.64. The maximum Gasteiger partial charge on any atom is 0.346 e. The Hall–Kier alpha value is -2.67. The van der Waals surface area contributed by atoms with Crippen LogP contribution in [-0.2, 0) is 6.42 Å². The first-order valence-corrected chi connectivity index (χ1v) is 8.29. The van der Waals surface area contributed by atoms with Crippen molar-refractivity contribution in [2.75, 3.05) is 6.61 Å². The summed E-state index contributed by atoms with van der Waals surface area (Å²) in [7, 11) is 0. The number of thiophene rings is 1. The van der Waals surface area contributed by atoms with E-state index >= 15 is 0 Å². The van der Waals surface area contributed by atoms with Crippen molar-refractivity contribution >= 4 is 27.5 Å². The van der Waals surface area contributed by atoms with Gasteiger partial charge in [-0.05, 0) is 25.5 Å². The molecule has 0 aliphatic carbocycles. The van der Waals surface area contributed by atoms with Gasteiger partial charge >= 0.3 is 5.97 Å². The van der Waals surface area contributed by atoms with Crippen LogP contribution in [-0.4, -0.2) is 27.7 Å². The monoisotopic (exact) mass is 344 g/mol. The number of rotatable bonds is 5. The van der Waals surface area contributed by atoms with Crippen molar-refractivity contribution in [2.24, 2.45) is 0 Å². The van der Waals surface area contributed by atoms with Gasteiger partial charge in [-0.25, -0.2) is 9.78 Å². The lowest BCUT2D eigenvalue weighted by Crippen LogP contribution is -2.12. The van der Waals surface area contributed by atoms with Gasteiger partial charge in [0.2, 0.25) is 0 Å². The minimum atomic E-state index is -1.04. The SMILES string of the molecule is CCOc1ccccc1Cc1nc2sc(C(=O)O)c(C)c2c(=O)[nH]1. The number of fused-ring (bicyclic) bond motifs is 1. The zero-order valence-electron chi connectivity index (χ0n) is 13.3. The summed E-state index contributed by atoms with van der Waals surface area (Å²) in [5, 5.41) is 9.56. The molecular weight excluding hydrogens is 328 g/mol. The third-order valence-corrected chi connectivity index (χ3v) is 4.85. The molecule has 0 atom stereocenters. The molecule has 0 radical (unpaired) electrons. The molecule has 2 aromatic heterocycles. The van der Waals surface area contributed by atoms with Crippen LogP contribution in [0.2, 0.25) is 0 Å². The molecule has 0 unspecified atom stereocenters. The van der Waals surface area contributed by atoms with Crippen LogP contribution in [0.5, 0.6) is 5.75 Å². The quantitative estimate of drug-likeness (QED) is 0.742. The van der Waals surface area contributed by atoms with Gasteiger partial charge in [-0.15, -0.1) is 11.3 Å². The van der Waals surface area contributed by atoms with Crippen LogP contribution in [0.4, 0.5) is 0 Å². The smallest absolute Gasteiger partial charge is 0.346 e. The molecule has 3 rings (SSSR count). The molecule has 3 aromatic rings. The summed E-state index contributed by atoms with van der Waals surface area (Å²) < 4.78 is 5.59. The fourth-order valence-electron chi connectivity index (χ4n) is 2.60. The zero-order chi connectivity index (χ0) is 17.3. The van der Waals surface area contributed by atoms with Crippen LogP contribution in [0.3, 0.4) is 0 Å². The van der Waals surface area contributed by atoms with Gasteiger partial charge in [0.1, 0.15) is 21.3 Å². The number of para-hydroxylation sites is 1. The topological polar surface area (TPSA) is 92.3 Å². The second kappa shape index (κ2) is 6.45. The van der Waals surface area contributed by atoms with Crippen LogP contribution in [0.15, 0.2) is 29.1 Å². The Morgan fingerprint density at radius 2 is 2.12 bits per heavy atom. The van der Waals surface area contributed by atoms with Gasteiger partial charge in [-0.2, -0.15) is 0 Å². The second-order valence-electron chi connectivity index (χ2n) is 5.27. The summed E-state index contributed by atoms with van der Waals surface area (Å²) in [6, 6.07) is 7.56. The van der Waals surface area contributed by atoms with Crippen LogP contribution in [0.1, 0.15) is 33.5 Å². The number of ether oxygens (including phenoxy) is 1. The van der Waals surface area contributed by atoms with Crippen molar-refractivity contribution in [1.82, 2.24) is 9.97 Å². The molecule has 0 aliphatic rings. The van der Waals surface area contributed by atoms with E-state index in [4.69, 9.17) is 4.74 Å². The Kier molecular flexibility index (Phi) is 4.35. The molecule has 0 aliphatic heterocycles. The standard InChI is InChI=1S/C17H16N2O4S/c1-3-23-11-7-5-4-6-10(11)8-12-18-15(20)13-9(2)14(17(21)22)24-16(13)19-12/h4-7H,3,8H2,1-2H3,(H,21,22)(H,18,19,20). The molecule has 6 nitrogen and oxygen atoms in total. The molecule has 0 fully saturated rings. The van der Waals surface area contributed by atoms with E-state index in [1.165, 1.54) is 0 Å². The third-order valence-electron chi connectivity index (χ3n) is 3.67. The van der Waals surface area contributed by atoms with Crippen LogP contribution in [0.25, 0.3) is 10.2 Å². The highest BCUT2D eigenvalue weighted by molar-refractivity contribution is 7.20. The predicted octanol–water partition coefficient (Wildman–Crippen LogP) is 2.98. The highest BCUT2D eigenvalue weighted by Gasteiger charge is 2.18. The molecule has 0 amide bonds. The van der Waals surface area contributed by atoms with Crippen molar-refractivity contribution in [1.29, 1.82) is 0 Å². The van der Waals surface area contributed by atoms with E-state index in [1.807, 2.05) is 31.2 Å². The summed E-state index contributed by atoms with van der Waals surface area (Å²) in [5.74, 6) is 0.187. The lowest BCUT2D eigenvalue weighted by molar-refractivity contribution is 0.0701. The molecule has 7 heteroatoms. The van der Waals surface area contributed by atoms with Crippen LogP contribution < -0.4 is 10.3 Å². The first-order valence-electron chi connectivity index (χ1n) is 7.47. The van der Waals surface area contributed by atoms with Gasteiger partial charge in [0.15, 0.2) is 0 Å². The minimum Gasteiger partial charge on any atom is -0.494 e. The Bertz CT molecular complexity index is 974. The lowest BCUT2D eigenvalue weighted by atomic mass is 10.1. The molecule has 2 N–H and O–H groups in total. The Balaban J connectivity index is 2.06. The van der Waals surface area contributed by atoms with Crippen LogP contribution in [0, 0.1) is 6.92 Å². The number of carbonyl (C=O) groups is 1. The maximum absolute atomic E-state index is 12.3. The van der Waals surface area contributed by atoms with Gasteiger partial charge in [0.05, 0.1) is 12.0 Å². The second-order valence-corrected chi connectivity index (χ2v) is 6.27. The first kappa shape index (κ1) is 16.2. The predicted molar refractivity (Wildman–Crippen MR) is 92.4 cm³/mol. The molecule has 0 saturated heterocycles. The Morgan fingerprint density at radius 3 is 2.83 bits per heavy atom. The normalized spacial score (nSPS) is 10.9. The van der Waals surface area contributed by atoms with Crippen molar-refractivity contribution in [3.63, 3.8) is 0 Å². The number of carboxylic acids is 1. The Labute approximate surface area is 141 Å². The number of aromatic amines is 1. The number of aryl methyl sites for hydroxylation is 1. The Morgan fingerprint density at radius 1 is 1.38 bits per heavy atom. The molecule has 0 spiro atoms. The number of hydrogen-bond acceptors (Lipinski definition) is 5. The van der Waals surface area contributed by atoms with E-state index in [1.54, 1.807) is 6.92 Å². The van der Waals surface area contributed by atoms with E-state index in [2.05, 4.69) is 9.97 Å². The molecular formula is C17H16N2O4S. The average Bonchev–Trinajstić information content (AvgIpc) is 2.87. The lowest BCUT2D eigenvalue weighted by Gasteiger charge is -2.09. The summed E-state index contributed by atoms with van der Waals surface area (Å²) >= 11 is 1.02. The summed E-state index contributed by atoms with van der Waals surface area (Å²) in [4.78, 5) is 31.4. The van der Waals surface area contributed by atoms with E-state index in [-0.39, 0.29) is 10.4 Å². The summed E-state index contributed by atoms with van der Waals surface area (Å²) in [5.41, 5.74) is 1.05. The van der Waals surface area contributed by atoms with Gasteiger partial charge in [0, 0.05) is 12.0 Å². The van der Waals surface area contributed by atoms with E-state index < -0.39 is 5.97 Å².